The molecule has 1 fully saturated rings. The van der Waals surface area contributed by atoms with Crippen molar-refractivity contribution in [2.75, 3.05) is 64.8 Å². The summed E-state index contributed by atoms with van der Waals surface area (Å²) in [6, 6.07) is 8.56. The molecule has 168 valence electrons. The van der Waals surface area contributed by atoms with Gasteiger partial charge in [-0.25, -0.2) is 0 Å². The SMILES string of the molecule is CC[NH+](CC(=O)N1CC[NH+](CC(=O)NC(C)(C)C)CC1)Cc1ccc(N(C)C)cc1. The minimum atomic E-state index is -0.201. The topological polar surface area (TPSA) is 61.5 Å². The number of quaternary nitrogens is 2. The van der Waals surface area contributed by atoms with E-state index in [9.17, 15) is 9.59 Å². The Bertz CT molecular complexity index is 689. The summed E-state index contributed by atoms with van der Waals surface area (Å²) in [7, 11) is 4.07. The van der Waals surface area contributed by atoms with E-state index in [1.165, 1.54) is 21.1 Å². The summed E-state index contributed by atoms with van der Waals surface area (Å²) in [6.07, 6.45) is 0. The molecule has 1 aliphatic heterocycles. The van der Waals surface area contributed by atoms with E-state index in [0.717, 1.165) is 39.3 Å². The average Bonchev–Trinajstić information content (AvgIpc) is 2.66. The van der Waals surface area contributed by atoms with Gasteiger partial charge in [0.25, 0.3) is 11.8 Å². The van der Waals surface area contributed by atoms with Crippen LogP contribution in [0, 0.1) is 0 Å². The molecule has 1 aliphatic rings. The van der Waals surface area contributed by atoms with E-state index < -0.39 is 0 Å². The first-order valence-electron chi connectivity index (χ1n) is 11.1. The van der Waals surface area contributed by atoms with Gasteiger partial charge in [0.15, 0.2) is 13.1 Å². The number of hydrogen-bond acceptors (Lipinski definition) is 3. The minimum absolute atomic E-state index is 0.0826. The molecule has 1 aromatic rings. The van der Waals surface area contributed by atoms with Crippen molar-refractivity contribution in [2.24, 2.45) is 0 Å². The fraction of sp³-hybridized carbons (Fsp3) is 0.652. The lowest BCUT2D eigenvalue weighted by atomic mass is 10.1. The second-order valence-electron chi connectivity index (χ2n) is 9.62. The summed E-state index contributed by atoms with van der Waals surface area (Å²) in [5.41, 5.74) is 2.24. The van der Waals surface area contributed by atoms with Gasteiger partial charge in [-0.1, -0.05) is 12.1 Å². The highest BCUT2D eigenvalue weighted by molar-refractivity contribution is 5.78. The molecule has 7 nitrogen and oxygen atoms in total. The van der Waals surface area contributed by atoms with Crippen LogP contribution >= 0.6 is 0 Å². The standard InChI is InChI=1S/C23H39N5O2/c1-7-26(16-19-8-10-20(11-9-19)25(5)6)18-22(30)28-14-12-27(13-15-28)17-21(29)24-23(2,3)4/h8-11H,7,12-18H2,1-6H3,(H,24,29)/p+2. The number of amides is 2. The first-order valence-corrected chi connectivity index (χ1v) is 11.1. The third kappa shape index (κ3) is 7.95. The molecule has 7 heteroatoms. The van der Waals surface area contributed by atoms with Crippen LogP contribution in [0.1, 0.15) is 33.3 Å². The fourth-order valence-electron chi connectivity index (χ4n) is 3.78. The van der Waals surface area contributed by atoms with E-state index in [1.807, 2.05) is 39.8 Å². The molecule has 0 saturated carbocycles. The van der Waals surface area contributed by atoms with Crippen molar-refractivity contribution in [3.05, 3.63) is 29.8 Å². The molecule has 1 aromatic carbocycles. The minimum Gasteiger partial charge on any atom is -0.378 e. The van der Waals surface area contributed by atoms with Crippen LogP contribution in [-0.2, 0) is 16.1 Å². The smallest absolute Gasteiger partial charge is 0.278 e. The molecule has 1 saturated heterocycles. The number of anilines is 1. The lowest BCUT2D eigenvalue weighted by molar-refractivity contribution is -0.905. The number of benzene rings is 1. The van der Waals surface area contributed by atoms with Crippen molar-refractivity contribution >= 4 is 17.5 Å². The summed E-state index contributed by atoms with van der Waals surface area (Å²) in [6.45, 7) is 14.0. The number of nitrogens with zero attached hydrogens (tertiary/aromatic N) is 2. The summed E-state index contributed by atoms with van der Waals surface area (Å²) in [4.78, 5) is 31.6. The molecule has 2 rings (SSSR count). The Hall–Kier alpha value is -2.12. The summed E-state index contributed by atoms with van der Waals surface area (Å²) in [5, 5.41) is 3.02. The maximum Gasteiger partial charge on any atom is 0.278 e. The zero-order chi connectivity index (χ0) is 22.3. The Labute approximate surface area is 182 Å². The van der Waals surface area contributed by atoms with E-state index >= 15 is 0 Å². The van der Waals surface area contributed by atoms with Crippen molar-refractivity contribution in [3.8, 4) is 0 Å². The highest BCUT2D eigenvalue weighted by atomic mass is 16.2. The number of carbonyl (C=O) groups excluding carboxylic acids is 2. The van der Waals surface area contributed by atoms with E-state index in [2.05, 4.69) is 41.4 Å². The quantitative estimate of drug-likeness (QED) is 0.496. The van der Waals surface area contributed by atoms with Gasteiger partial charge in [0.2, 0.25) is 0 Å². The maximum atomic E-state index is 12.8. The summed E-state index contributed by atoms with van der Waals surface area (Å²) in [5.74, 6) is 0.300. The Kier molecular flexibility index (Phi) is 8.67. The van der Waals surface area contributed by atoms with Crippen LogP contribution in [0.4, 0.5) is 5.69 Å². The zero-order valence-electron chi connectivity index (χ0n) is 19.7. The van der Waals surface area contributed by atoms with Crippen LogP contribution < -0.4 is 20.0 Å². The van der Waals surface area contributed by atoms with Gasteiger partial charge in [0.1, 0.15) is 6.54 Å². The highest BCUT2D eigenvalue weighted by Gasteiger charge is 2.28. The van der Waals surface area contributed by atoms with Gasteiger partial charge in [-0.15, -0.1) is 0 Å². The van der Waals surface area contributed by atoms with Crippen molar-refractivity contribution in [2.45, 2.75) is 39.8 Å². The maximum absolute atomic E-state index is 12.8. The number of carbonyl (C=O) groups is 2. The molecule has 0 radical (unpaired) electrons. The molecule has 30 heavy (non-hydrogen) atoms. The van der Waals surface area contributed by atoms with Gasteiger partial charge in [0, 0.05) is 30.9 Å². The van der Waals surface area contributed by atoms with Gasteiger partial charge >= 0.3 is 0 Å². The normalized spacial score (nSPS) is 16.3. The van der Waals surface area contributed by atoms with E-state index in [-0.39, 0.29) is 17.4 Å². The molecule has 0 spiro atoms. The Morgan fingerprint density at radius 2 is 1.73 bits per heavy atom. The first-order chi connectivity index (χ1) is 14.1. The Morgan fingerprint density at radius 1 is 1.13 bits per heavy atom. The van der Waals surface area contributed by atoms with Crippen molar-refractivity contribution in [3.63, 3.8) is 0 Å². The van der Waals surface area contributed by atoms with Crippen LogP contribution in [0.3, 0.4) is 0 Å². The number of piperazine rings is 1. The zero-order valence-corrected chi connectivity index (χ0v) is 19.7. The lowest BCUT2D eigenvalue weighted by Crippen LogP contribution is -3.16. The molecular formula is C23H41N5O2+2. The predicted octanol–water partition coefficient (Wildman–Crippen LogP) is -1.20. The molecule has 0 aromatic heterocycles. The Morgan fingerprint density at radius 3 is 2.23 bits per heavy atom. The van der Waals surface area contributed by atoms with E-state index in [1.54, 1.807) is 0 Å². The lowest BCUT2D eigenvalue weighted by Gasteiger charge is -2.33. The van der Waals surface area contributed by atoms with E-state index in [4.69, 9.17) is 0 Å². The van der Waals surface area contributed by atoms with Gasteiger partial charge in [0.05, 0.1) is 32.7 Å². The number of nitrogens with one attached hydrogen (secondary N) is 3. The second kappa shape index (κ2) is 10.8. The van der Waals surface area contributed by atoms with Crippen molar-refractivity contribution in [1.82, 2.24) is 10.2 Å². The Balaban J connectivity index is 1.79. The van der Waals surface area contributed by atoms with Gasteiger partial charge in [-0.05, 0) is 39.8 Å². The largest absolute Gasteiger partial charge is 0.378 e. The van der Waals surface area contributed by atoms with E-state index in [0.29, 0.717) is 13.1 Å². The number of hydrogen-bond donors (Lipinski definition) is 3. The number of likely N-dealkylation sites (N-methyl/N-ethyl adjacent to an activating group) is 1. The van der Waals surface area contributed by atoms with Crippen LogP contribution in [0.15, 0.2) is 24.3 Å². The second-order valence-corrected chi connectivity index (χ2v) is 9.62. The number of rotatable bonds is 8. The highest BCUT2D eigenvalue weighted by Crippen LogP contribution is 2.11. The summed E-state index contributed by atoms with van der Waals surface area (Å²) >= 11 is 0. The van der Waals surface area contributed by atoms with Crippen molar-refractivity contribution < 1.29 is 19.4 Å². The molecule has 1 atom stereocenters. The van der Waals surface area contributed by atoms with Crippen LogP contribution in [-0.4, -0.2) is 82.2 Å². The van der Waals surface area contributed by atoms with Crippen LogP contribution in [0.5, 0.6) is 0 Å². The van der Waals surface area contributed by atoms with Crippen LogP contribution in [0.25, 0.3) is 0 Å². The van der Waals surface area contributed by atoms with Gasteiger partial charge in [-0.3, -0.25) is 9.59 Å². The molecule has 1 heterocycles. The first kappa shape index (κ1) is 24.2. The molecular weight excluding hydrogens is 378 g/mol. The monoisotopic (exact) mass is 419 g/mol. The van der Waals surface area contributed by atoms with Crippen molar-refractivity contribution in [1.29, 1.82) is 0 Å². The summed E-state index contributed by atoms with van der Waals surface area (Å²) < 4.78 is 0. The van der Waals surface area contributed by atoms with Crippen LogP contribution in [0.2, 0.25) is 0 Å². The average molecular weight is 420 g/mol. The fourth-order valence-corrected chi connectivity index (χ4v) is 3.78. The molecule has 0 bridgehead atoms. The van der Waals surface area contributed by atoms with Gasteiger partial charge < -0.3 is 24.9 Å². The van der Waals surface area contributed by atoms with Gasteiger partial charge in [-0.2, -0.15) is 0 Å². The predicted molar refractivity (Wildman–Crippen MR) is 121 cm³/mol. The molecule has 0 aliphatic carbocycles. The molecule has 2 amide bonds. The molecule has 1 unspecified atom stereocenters. The molecule has 3 N–H and O–H groups in total. The third-order valence-electron chi connectivity index (χ3n) is 5.56. The third-order valence-corrected chi connectivity index (χ3v) is 5.56.